The van der Waals surface area contributed by atoms with Gasteiger partial charge in [-0.3, -0.25) is 4.79 Å². The lowest BCUT2D eigenvalue weighted by molar-refractivity contribution is -0.161. The van der Waals surface area contributed by atoms with Crippen molar-refractivity contribution in [2.24, 2.45) is 11.0 Å². The smallest absolute Gasteiger partial charge is 0.338 e. The molecule has 3 aromatic carbocycles. The van der Waals surface area contributed by atoms with Crippen LogP contribution in [0.4, 0.5) is 0 Å². The third kappa shape index (κ3) is 8.16. The van der Waals surface area contributed by atoms with Gasteiger partial charge in [-0.25, -0.2) is 4.79 Å². The van der Waals surface area contributed by atoms with Gasteiger partial charge in [-0.15, -0.1) is 0 Å². The summed E-state index contributed by atoms with van der Waals surface area (Å²) in [6.45, 7) is 1.76. The van der Waals surface area contributed by atoms with Gasteiger partial charge in [-0.05, 0) is 41.6 Å². The van der Waals surface area contributed by atoms with Crippen molar-refractivity contribution < 1.29 is 28.5 Å². The summed E-state index contributed by atoms with van der Waals surface area (Å²) < 4.78 is 24.5. The molecule has 1 aliphatic rings. The number of esters is 2. The lowest BCUT2D eigenvalue weighted by Gasteiger charge is -2.36. The first-order valence-corrected chi connectivity index (χ1v) is 13.3. The maximum atomic E-state index is 13.2. The second-order valence-electron chi connectivity index (χ2n) is 9.65. The minimum absolute atomic E-state index is 0.0387. The lowest BCUT2D eigenvalue weighted by atomic mass is 9.92. The largest absolute Gasteiger partial charge is 0.465 e. The zero-order chi connectivity index (χ0) is 28.2. The predicted octanol–water partition coefficient (Wildman–Crippen LogP) is 6.03. The van der Waals surface area contributed by atoms with E-state index in [0.717, 1.165) is 11.1 Å². The van der Waals surface area contributed by atoms with Gasteiger partial charge >= 0.3 is 11.9 Å². The molecule has 1 saturated carbocycles. The molecule has 3 aromatic rings. The summed E-state index contributed by atoms with van der Waals surface area (Å²) in [5.74, 6) is -1.48. The number of benzene rings is 3. The fourth-order valence-electron chi connectivity index (χ4n) is 4.88. The molecule has 1 aliphatic carbocycles. The highest BCUT2D eigenvalue weighted by molar-refractivity contribution is 5.89. The minimum Gasteiger partial charge on any atom is -0.465 e. The molecule has 0 heterocycles. The Hall–Kier alpha value is -4.17. The quantitative estimate of drug-likeness (QED) is 0.0957. The fraction of sp³-hybridized carbons (Fsp3) is 0.355. The Labute approximate surface area is 233 Å². The normalized spacial score (nSPS) is 22.4. The molecule has 0 radical (unpaired) electrons. The molecule has 9 nitrogen and oxygen atoms in total. The molecule has 0 bridgehead atoms. The molecule has 4 rings (SSSR count). The molecule has 208 valence electrons. The van der Waals surface area contributed by atoms with E-state index in [1.165, 1.54) is 6.92 Å². The Bertz CT molecular complexity index is 1270. The Balaban J connectivity index is 1.70. The highest BCUT2D eigenvalue weighted by Gasteiger charge is 2.45. The first kappa shape index (κ1) is 28.8. The van der Waals surface area contributed by atoms with Crippen LogP contribution in [-0.2, 0) is 37.0 Å². The highest BCUT2D eigenvalue weighted by atomic mass is 16.6. The number of ether oxygens (including phenoxy) is 4. The first-order chi connectivity index (χ1) is 19.5. The minimum atomic E-state index is -0.740. The first-order valence-electron chi connectivity index (χ1n) is 13.3. The van der Waals surface area contributed by atoms with Crippen molar-refractivity contribution in [3.8, 4) is 0 Å². The fourth-order valence-corrected chi connectivity index (χ4v) is 4.88. The zero-order valence-electron chi connectivity index (χ0n) is 22.4. The van der Waals surface area contributed by atoms with Gasteiger partial charge in [0.15, 0.2) is 0 Å². The van der Waals surface area contributed by atoms with Crippen LogP contribution in [0.3, 0.4) is 0 Å². The van der Waals surface area contributed by atoms with Crippen LogP contribution in [0, 0.1) is 5.92 Å². The van der Waals surface area contributed by atoms with E-state index < -0.39 is 42.2 Å². The SMILES string of the molecule is CC(=O)OC[C@@H]1[C@@H](OCc2ccccc2)[C@H](OCc2ccccc2)[C@H](OC(=O)c2ccccc2)CC[C@H]1N=[N+]=[N-]. The van der Waals surface area contributed by atoms with Crippen molar-refractivity contribution in [2.45, 2.75) is 57.3 Å². The Kier molecular flexibility index (Phi) is 10.7. The van der Waals surface area contributed by atoms with Gasteiger partial charge < -0.3 is 18.9 Å². The number of carbonyl (C=O) groups is 2. The Morgan fingerprint density at radius 3 is 1.93 bits per heavy atom. The van der Waals surface area contributed by atoms with Crippen LogP contribution in [-0.4, -0.2) is 42.9 Å². The van der Waals surface area contributed by atoms with E-state index in [-0.39, 0.29) is 19.8 Å². The number of hydrogen-bond donors (Lipinski definition) is 0. The van der Waals surface area contributed by atoms with E-state index in [1.54, 1.807) is 24.3 Å². The molecule has 5 atom stereocenters. The number of hydrogen-bond acceptors (Lipinski definition) is 7. The zero-order valence-corrected chi connectivity index (χ0v) is 22.4. The van der Waals surface area contributed by atoms with Gasteiger partial charge in [0.05, 0.1) is 31.5 Å². The number of azide groups is 1. The van der Waals surface area contributed by atoms with Crippen LogP contribution in [0.15, 0.2) is 96.1 Å². The average Bonchev–Trinajstić information content (AvgIpc) is 3.11. The molecule has 0 aromatic heterocycles. The molecular weight excluding hydrogens is 510 g/mol. The van der Waals surface area contributed by atoms with E-state index in [0.29, 0.717) is 18.4 Å². The molecule has 9 heteroatoms. The van der Waals surface area contributed by atoms with E-state index in [1.807, 2.05) is 66.7 Å². The third-order valence-electron chi connectivity index (χ3n) is 6.87. The van der Waals surface area contributed by atoms with Crippen LogP contribution >= 0.6 is 0 Å². The molecule has 0 spiro atoms. The van der Waals surface area contributed by atoms with Crippen LogP contribution < -0.4 is 0 Å². The Morgan fingerprint density at radius 2 is 1.38 bits per heavy atom. The lowest BCUT2D eigenvalue weighted by Crippen LogP contribution is -2.48. The van der Waals surface area contributed by atoms with E-state index in [4.69, 9.17) is 18.9 Å². The topological polar surface area (TPSA) is 120 Å². The Morgan fingerprint density at radius 1 is 0.825 bits per heavy atom. The van der Waals surface area contributed by atoms with Gasteiger partial charge in [0, 0.05) is 23.8 Å². The maximum absolute atomic E-state index is 13.2. The van der Waals surface area contributed by atoms with Gasteiger partial charge in [-0.1, -0.05) is 84.0 Å². The van der Waals surface area contributed by atoms with E-state index >= 15 is 0 Å². The number of nitrogens with zero attached hydrogens (tertiary/aromatic N) is 3. The van der Waals surface area contributed by atoms with Crippen molar-refractivity contribution in [3.63, 3.8) is 0 Å². The van der Waals surface area contributed by atoms with Crippen molar-refractivity contribution >= 4 is 11.9 Å². The maximum Gasteiger partial charge on any atom is 0.338 e. The summed E-state index contributed by atoms with van der Waals surface area (Å²) in [4.78, 5) is 28.0. The van der Waals surface area contributed by atoms with E-state index in [9.17, 15) is 15.1 Å². The number of carbonyl (C=O) groups excluding carboxylic acids is 2. The van der Waals surface area contributed by atoms with Crippen LogP contribution in [0.1, 0.15) is 41.3 Å². The molecule has 0 saturated heterocycles. The molecule has 40 heavy (non-hydrogen) atoms. The third-order valence-corrected chi connectivity index (χ3v) is 6.87. The van der Waals surface area contributed by atoms with E-state index in [2.05, 4.69) is 10.0 Å². The molecule has 1 fully saturated rings. The van der Waals surface area contributed by atoms with Crippen LogP contribution in [0.25, 0.3) is 10.4 Å². The van der Waals surface area contributed by atoms with Crippen LogP contribution in [0.5, 0.6) is 0 Å². The summed E-state index contributed by atoms with van der Waals surface area (Å²) in [6.07, 6.45) is -1.43. The summed E-state index contributed by atoms with van der Waals surface area (Å²) in [7, 11) is 0. The number of rotatable bonds is 11. The summed E-state index contributed by atoms with van der Waals surface area (Å²) in [5, 5.41) is 4.05. The molecule has 0 aliphatic heterocycles. The molecule has 0 N–H and O–H groups in total. The van der Waals surface area contributed by atoms with Gasteiger partial charge in [0.25, 0.3) is 0 Å². The van der Waals surface area contributed by atoms with Crippen molar-refractivity contribution in [2.75, 3.05) is 6.61 Å². The second-order valence-corrected chi connectivity index (χ2v) is 9.65. The summed E-state index contributed by atoms with van der Waals surface area (Å²) >= 11 is 0. The highest BCUT2D eigenvalue weighted by Crippen LogP contribution is 2.34. The standard InChI is InChI=1S/C31H33N3O6/c1-22(35)37-21-26-27(33-34-32)17-18-28(40-31(36)25-15-9-4-10-16-25)30(39-20-24-13-7-3-8-14-24)29(26)38-19-23-11-5-2-6-12-23/h2-16,26-30H,17-21H2,1H3/t26-,27+,28+,29+,30+/m0/s1. The summed E-state index contributed by atoms with van der Waals surface area (Å²) in [5.41, 5.74) is 11.6. The van der Waals surface area contributed by atoms with Gasteiger partial charge in [0.1, 0.15) is 12.2 Å². The van der Waals surface area contributed by atoms with Gasteiger partial charge in [0.2, 0.25) is 0 Å². The molecular formula is C31H33N3O6. The van der Waals surface area contributed by atoms with Crippen molar-refractivity contribution in [1.82, 2.24) is 0 Å². The summed E-state index contributed by atoms with van der Waals surface area (Å²) in [6, 6.07) is 27.4. The predicted molar refractivity (Wildman–Crippen MR) is 148 cm³/mol. The average molecular weight is 544 g/mol. The van der Waals surface area contributed by atoms with Gasteiger partial charge in [-0.2, -0.15) is 0 Å². The monoisotopic (exact) mass is 543 g/mol. The van der Waals surface area contributed by atoms with Crippen molar-refractivity contribution in [3.05, 3.63) is 118 Å². The second kappa shape index (κ2) is 14.8. The molecule has 0 unspecified atom stereocenters. The van der Waals surface area contributed by atoms with Crippen molar-refractivity contribution in [1.29, 1.82) is 0 Å². The molecule has 0 amide bonds. The van der Waals surface area contributed by atoms with Crippen LogP contribution in [0.2, 0.25) is 0 Å².